The molecule has 0 heterocycles. The molecule has 0 amide bonds. The SMILES string of the molecule is CC[C@H](C)NC[C@@H](O)COC(c1ccc(OC)cc1)c1ccc(OC)cc1. The van der Waals surface area contributed by atoms with Gasteiger partial charge in [0.25, 0.3) is 0 Å². The second kappa shape index (κ2) is 10.9. The molecule has 0 unspecified atom stereocenters. The van der Waals surface area contributed by atoms with Gasteiger partial charge in [0, 0.05) is 12.6 Å². The number of rotatable bonds is 11. The summed E-state index contributed by atoms with van der Waals surface area (Å²) in [6.45, 7) is 4.97. The Morgan fingerprint density at radius 2 is 1.37 bits per heavy atom. The molecule has 2 atom stereocenters. The van der Waals surface area contributed by atoms with E-state index in [9.17, 15) is 5.11 Å². The Hall–Kier alpha value is -2.08. The number of methoxy groups -OCH3 is 2. The zero-order valence-electron chi connectivity index (χ0n) is 16.6. The molecular weight excluding hydrogens is 342 g/mol. The molecule has 0 fully saturated rings. The minimum Gasteiger partial charge on any atom is -0.497 e. The zero-order chi connectivity index (χ0) is 19.6. The molecule has 148 valence electrons. The number of aliphatic hydroxyl groups excluding tert-OH is 1. The summed E-state index contributed by atoms with van der Waals surface area (Å²) in [6, 6.07) is 16.0. The fraction of sp³-hybridized carbons (Fsp3) is 0.455. The van der Waals surface area contributed by atoms with Crippen molar-refractivity contribution in [2.75, 3.05) is 27.4 Å². The van der Waals surface area contributed by atoms with Crippen molar-refractivity contribution in [3.05, 3.63) is 59.7 Å². The first-order valence-corrected chi connectivity index (χ1v) is 9.38. The fourth-order valence-corrected chi connectivity index (χ4v) is 2.69. The van der Waals surface area contributed by atoms with Gasteiger partial charge in [0.1, 0.15) is 17.6 Å². The number of hydrogen-bond acceptors (Lipinski definition) is 5. The van der Waals surface area contributed by atoms with Crippen LogP contribution < -0.4 is 14.8 Å². The number of benzene rings is 2. The molecule has 0 radical (unpaired) electrons. The average molecular weight is 373 g/mol. The highest BCUT2D eigenvalue weighted by Gasteiger charge is 2.17. The van der Waals surface area contributed by atoms with Gasteiger partial charge in [-0.2, -0.15) is 0 Å². The lowest BCUT2D eigenvalue weighted by atomic mass is 10.0. The second-order valence-electron chi connectivity index (χ2n) is 6.63. The van der Waals surface area contributed by atoms with E-state index >= 15 is 0 Å². The summed E-state index contributed by atoms with van der Waals surface area (Å²) in [5.41, 5.74) is 2.01. The minimum absolute atomic E-state index is 0.242. The van der Waals surface area contributed by atoms with Gasteiger partial charge in [0.2, 0.25) is 0 Å². The summed E-state index contributed by atoms with van der Waals surface area (Å²) in [5.74, 6) is 1.59. The van der Waals surface area contributed by atoms with E-state index in [1.165, 1.54) is 0 Å². The largest absolute Gasteiger partial charge is 0.497 e. The van der Waals surface area contributed by atoms with Gasteiger partial charge in [-0.05, 0) is 48.7 Å². The molecule has 0 saturated heterocycles. The van der Waals surface area contributed by atoms with Gasteiger partial charge in [0.05, 0.1) is 26.9 Å². The van der Waals surface area contributed by atoms with E-state index in [2.05, 4.69) is 19.2 Å². The summed E-state index contributed by atoms with van der Waals surface area (Å²) in [4.78, 5) is 0. The van der Waals surface area contributed by atoms with Gasteiger partial charge >= 0.3 is 0 Å². The Bertz CT molecular complexity index is 610. The van der Waals surface area contributed by atoms with Crippen LogP contribution in [-0.4, -0.2) is 44.6 Å². The van der Waals surface area contributed by atoms with Crippen LogP contribution in [0.3, 0.4) is 0 Å². The highest BCUT2D eigenvalue weighted by atomic mass is 16.5. The molecular formula is C22H31NO4. The van der Waals surface area contributed by atoms with E-state index in [4.69, 9.17) is 14.2 Å². The maximum Gasteiger partial charge on any atom is 0.118 e. The number of aliphatic hydroxyl groups is 1. The predicted molar refractivity (Wildman–Crippen MR) is 108 cm³/mol. The Morgan fingerprint density at radius 1 is 0.889 bits per heavy atom. The Kier molecular flexibility index (Phi) is 8.58. The molecule has 27 heavy (non-hydrogen) atoms. The van der Waals surface area contributed by atoms with Crippen LogP contribution >= 0.6 is 0 Å². The van der Waals surface area contributed by atoms with Crippen molar-refractivity contribution in [2.24, 2.45) is 0 Å². The molecule has 2 aromatic carbocycles. The van der Waals surface area contributed by atoms with Crippen LogP contribution in [0.5, 0.6) is 11.5 Å². The third-order valence-electron chi connectivity index (χ3n) is 4.61. The summed E-state index contributed by atoms with van der Waals surface area (Å²) in [7, 11) is 3.29. The summed E-state index contributed by atoms with van der Waals surface area (Å²) >= 11 is 0. The van der Waals surface area contributed by atoms with Gasteiger partial charge < -0.3 is 24.6 Å². The lowest BCUT2D eigenvalue weighted by Gasteiger charge is -2.22. The summed E-state index contributed by atoms with van der Waals surface area (Å²) in [5, 5.41) is 13.6. The first-order valence-electron chi connectivity index (χ1n) is 9.38. The molecule has 2 rings (SSSR count). The Labute approximate surface area is 162 Å². The van der Waals surface area contributed by atoms with Crippen molar-refractivity contribution in [3.63, 3.8) is 0 Å². The van der Waals surface area contributed by atoms with E-state index in [0.29, 0.717) is 12.6 Å². The van der Waals surface area contributed by atoms with Crippen molar-refractivity contribution in [1.82, 2.24) is 5.32 Å². The Balaban J connectivity index is 2.11. The van der Waals surface area contributed by atoms with Gasteiger partial charge in [0.15, 0.2) is 0 Å². The van der Waals surface area contributed by atoms with Crippen molar-refractivity contribution >= 4 is 0 Å². The van der Waals surface area contributed by atoms with E-state index < -0.39 is 6.10 Å². The molecule has 0 saturated carbocycles. The van der Waals surface area contributed by atoms with Gasteiger partial charge in [-0.15, -0.1) is 0 Å². The lowest BCUT2D eigenvalue weighted by molar-refractivity contribution is 0.00575. The third kappa shape index (κ3) is 6.54. The van der Waals surface area contributed by atoms with Gasteiger partial charge in [-0.1, -0.05) is 31.2 Å². The molecule has 0 bridgehead atoms. The molecule has 0 aromatic heterocycles. The van der Waals surface area contributed by atoms with Crippen LogP contribution in [0.15, 0.2) is 48.5 Å². The standard InChI is InChI=1S/C22H31NO4/c1-5-16(2)23-14-19(24)15-27-22(17-6-10-20(25-3)11-7-17)18-8-12-21(26-4)13-9-18/h6-13,16,19,22-24H,5,14-15H2,1-4H3/t16-,19+/m0/s1. The van der Waals surface area contributed by atoms with E-state index in [1.807, 2.05) is 48.5 Å². The van der Waals surface area contributed by atoms with Crippen LogP contribution in [0.25, 0.3) is 0 Å². The van der Waals surface area contributed by atoms with Crippen LogP contribution in [0, 0.1) is 0 Å². The highest BCUT2D eigenvalue weighted by Crippen LogP contribution is 2.29. The molecule has 0 aliphatic rings. The molecule has 5 nitrogen and oxygen atoms in total. The van der Waals surface area contributed by atoms with Crippen molar-refractivity contribution in [1.29, 1.82) is 0 Å². The van der Waals surface area contributed by atoms with Gasteiger partial charge in [-0.25, -0.2) is 0 Å². The molecule has 0 aliphatic carbocycles. The monoisotopic (exact) mass is 373 g/mol. The maximum absolute atomic E-state index is 10.3. The fourth-order valence-electron chi connectivity index (χ4n) is 2.69. The highest BCUT2D eigenvalue weighted by molar-refractivity contribution is 5.36. The first-order chi connectivity index (χ1) is 13.1. The molecule has 0 spiro atoms. The summed E-state index contributed by atoms with van der Waals surface area (Å²) in [6.07, 6.45) is 0.173. The van der Waals surface area contributed by atoms with E-state index in [1.54, 1.807) is 14.2 Å². The van der Waals surface area contributed by atoms with Crippen LogP contribution in [0.2, 0.25) is 0 Å². The maximum atomic E-state index is 10.3. The second-order valence-corrected chi connectivity index (χ2v) is 6.63. The Morgan fingerprint density at radius 3 is 1.78 bits per heavy atom. The normalized spacial score (nSPS) is 13.4. The smallest absolute Gasteiger partial charge is 0.118 e. The number of nitrogens with one attached hydrogen (secondary N) is 1. The summed E-state index contributed by atoms with van der Waals surface area (Å²) < 4.78 is 16.6. The van der Waals surface area contributed by atoms with Gasteiger partial charge in [-0.3, -0.25) is 0 Å². The molecule has 2 N–H and O–H groups in total. The zero-order valence-corrected chi connectivity index (χ0v) is 16.6. The van der Waals surface area contributed by atoms with Crippen LogP contribution in [0.4, 0.5) is 0 Å². The topological polar surface area (TPSA) is 60.0 Å². The predicted octanol–water partition coefficient (Wildman–Crippen LogP) is 3.56. The number of ether oxygens (including phenoxy) is 3. The molecule has 2 aromatic rings. The van der Waals surface area contributed by atoms with E-state index in [-0.39, 0.29) is 12.7 Å². The third-order valence-corrected chi connectivity index (χ3v) is 4.61. The minimum atomic E-state index is -0.571. The quantitative estimate of drug-likeness (QED) is 0.631. The van der Waals surface area contributed by atoms with Crippen molar-refractivity contribution < 1.29 is 19.3 Å². The molecule has 5 heteroatoms. The van der Waals surface area contributed by atoms with Crippen molar-refractivity contribution in [2.45, 2.75) is 38.5 Å². The first kappa shape index (κ1) is 21.2. The van der Waals surface area contributed by atoms with Crippen LogP contribution in [0.1, 0.15) is 37.5 Å². The number of hydrogen-bond donors (Lipinski definition) is 2. The van der Waals surface area contributed by atoms with Crippen LogP contribution in [-0.2, 0) is 4.74 Å². The molecule has 0 aliphatic heterocycles. The van der Waals surface area contributed by atoms with E-state index in [0.717, 1.165) is 29.0 Å². The lowest BCUT2D eigenvalue weighted by Crippen LogP contribution is -2.35. The average Bonchev–Trinajstić information content (AvgIpc) is 2.73. The van der Waals surface area contributed by atoms with Crippen molar-refractivity contribution in [3.8, 4) is 11.5 Å².